The highest BCUT2D eigenvalue weighted by Crippen LogP contribution is 2.13. The average molecular weight is 193 g/mol. The van der Waals surface area contributed by atoms with Crippen LogP contribution in [0.15, 0.2) is 26.4 Å². The minimum Gasteiger partial charge on any atom is -0.441 e. The van der Waals surface area contributed by atoms with Gasteiger partial charge in [-0.1, -0.05) is 0 Å². The summed E-state index contributed by atoms with van der Waals surface area (Å²) < 4.78 is 5.14. The molecule has 72 valence electrons. The van der Waals surface area contributed by atoms with Crippen LogP contribution in [0.25, 0.3) is 11.3 Å². The van der Waals surface area contributed by atoms with Crippen LogP contribution in [-0.2, 0) is 0 Å². The molecular weight excluding hydrogens is 186 g/mol. The van der Waals surface area contributed by atoms with Gasteiger partial charge in [0.05, 0.1) is 6.20 Å². The van der Waals surface area contributed by atoms with Crippen LogP contribution in [0.2, 0.25) is 0 Å². The Kier molecular flexibility index (Phi) is 1.81. The first-order chi connectivity index (χ1) is 6.66. The van der Waals surface area contributed by atoms with E-state index in [4.69, 9.17) is 4.42 Å². The number of oxazole rings is 1. The molecule has 0 saturated carbocycles. The second kappa shape index (κ2) is 2.99. The third-order valence-corrected chi connectivity index (χ3v) is 1.71. The predicted molar refractivity (Wildman–Crippen MR) is 47.9 cm³/mol. The summed E-state index contributed by atoms with van der Waals surface area (Å²) in [5.74, 6) is 0.797. The molecule has 0 saturated heterocycles. The summed E-state index contributed by atoms with van der Waals surface area (Å²) in [7, 11) is 0. The first-order valence-electron chi connectivity index (χ1n) is 3.91. The van der Waals surface area contributed by atoms with Crippen molar-refractivity contribution in [1.82, 2.24) is 15.0 Å². The minimum absolute atomic E-state index is 0.255. The molecule has 0 bridgehead atoms. The van der Waals surface area contributed by atoms with Crippen LogP contribution in [0.3, 0.4) is 0 Å². The molecule has 0 radical (unpaired) electrons. The molecule has 0 unspecified atom stereocenters. The lowest BCUT2D eigenvalue weighted by Crippen LogP contribution is -2.22. The van der Waals surface area contributed by atoms with Crippen molar-refractivity contribution in [2.45, 2.75) is 6.92 Å². The van der Waals surface area contributed by atoms with Gasteiger partial charge in [0, 0.05) is 13.1 Å². The van der Waals surface area contributed by atoms with Crippen LogP contribution in [-0.4, -0.2) is 15.0 Å². The molecule has 0 spiro atoms. The van der Waals surface area contributed by atoms with E-state index < -0.39 is 11.2 Å². The molecule has 2 rings (SSSR count). The largest absolute Gasteiger partial charge is 0.441 e. The molecule has 0 aliphatic carbocycles. The second-order valence-electron chi connectivity index (χ2n) is 2.73. The van der Waals surface area contributed by atoms with Crippen LogP contribution < -0.4 is 11.2 Å². The lowest BCUT2D eigenvalue weighted by atomic mass is 10.3. The highest BCUT2D eigenvalue weighted by atomic mass is 16.4. The highest BCUT2D eigenvalue weighted by Gasteiger charge is 2.07. The van der Waals surface area contributed by atoms with E-state index >= 15 is 0 Å². The summed E-state index contributed by atoms with van der Waals surface area (Å²) >= 11 is 0. The number of nitrogens with zero attached hydrogens (tertiary/aromatic N) is 1. The zero-order chi connectivity index (χ0) is 10.1. The zero-order valence-electron chi connectivity index (χ0n) is 7.33. The van der Waals surface area contributed by atoms with Crippen molar-refractivity contribution in [3.63, 3.8) is 0 Å². The van der Waals surface area contributed by atoms with Crippen LogP contribution in [0.5, 0.6) is 0 Å². The summed E-state index contributed by atoms with van der Waals surface area (Å²) in [5.41, 5.74) is -0.787. The monoisotopic (exact) mass is 193 g/mol. The van der Waals surface area contributed by atoms with Crippen molar-refractivity contribution in [3.8, 4) is 11.3 Å². The molecule has 0 amide bonds. The highest BCUT2D eigenvalue weighted by molar-refractivity contribution is 5.52. The summed E-state index contributed by atoms with van der Waals surface area (Å²) in [6.45, 7) is 1.67. The molecule has 0 aliphatic heterocycles. The number of aromatic amines is 2. The lowest BCUT2D eigenvalue weighted by Gasteiger charge is -1.91. The smallest absolute Gasteiger partial charge is 0.325 e. The van der Waals surface area contributed by atoms with E-state index in [-0.39, 0.29) is 5.56 Å². The van der Waals surface area contributed by atoms with Gasteiger partial charge in [0.1, 0.15) is 5.56 Å². The van der Waals surface area contributed by atoms with Crippen molar-refractivity contribution in [3.05, 3.63) is 39.1 Å². The fraction of sp³-hybridized carbons (Fsp3) is 0.125. The number of aromatic nitrogens is 3. The van der Waals surface area contributed by atoms with Gasteiger partial charge < -0.3 is 9.40 Å². The van der Waals surface area contributed by atoms with Gasteiger partial charge in [0.25, 0.3) is 5.56 Å². The Hall–Kier alpha value is -2.11. The summed E-state index contributed by atoms with van der Waals surface area (Å²) in [5, 5.41) is 0. The number of aryl methyl sites for hydroxylation is 1. The van der Waals surface area contributed by atoms with Crippen LogP contribution >= 0.6 is 0 Å². The lowest BCUT2D eigenvalue weighted by molar-refractivity contribution is 0.533. The van der Waals surface area contributed by atoms with Crippen LogP contribution in [0.4, 0.5) is 0 Å². The third-order valence-electron chi connectivity index (χ3n) is 1.71. The number of hydrogen-bond donors (Lipinski definition) is 2. The Bertz CT molecular complexity index is 563. The quantitative estimate of drug-likeness (QED) is 0.668. The fourth-order valence-electron chi connectivity index (χ4n) is 1.08. The number of nitrogens with one attached hydrogen (secondary N) is 2. The van der Waals surface area contributed by atoms with Crippen molar-refractivity contribution < 1.29 is 4.42 Å². The molecule has 2 aromatic rings. The van der Waals surface area contributed by atoms with Gasteiger partial charge in [-0.25, -0.2) is 9.78 Å². The van der Waals surface area contributed by atoms with Crippen molar-refractivity contribution in [1.29, 1.82) is 0 Å². The molecule has 2 heterocycles. The first-order valence-corrected chi connectivity index (χ1v) is 3.91. The summed E-state index contributed by atoms with van der Waals surface area (Å²) in [6.07, 6.45) is 2.72. The van der Waals surface area contributed by atoms with E-state index in [1.54, 1.807) is 6.92 Å². The molecule has 2 aromatic heterocycles. The van der Waals surface area contributed by atoms with E-state index in [0.29, 0.717) is 11.7 Å². The van der Waals surface area contributed by atoms with Gasteiger partial charge in [-0.2, -0.15) is 0 Å². The maximum atomic E-state index is 11.3. The summed E-state index contributed by atoms with van der Waals surface area (Å²) in [6, 6.07) is 0. The van der Waals surface area contributed by atoms with E-state index in [2.05, 4.69) is 15.0 Å². The van der Waals surface area contributed by atoms with E-state index in [1.807, 2.05) is 0 Å². The number of hydrogen-bond acceptors (Lipinski definition) is 4. The van der Waals surface area contributed by atoms with Gasteiger partial charge in [-0.15, -0.1) is 0 Å². The van der Waals surface area contributed by atoms with Crippen molar-refractivity contribution in [2.24, 2.45) is 0 Å². The average Bonchev–Trinajstić information content (AvgIpc) is 2.51. The topological polar surface area (TPSA) is 91.8 Å². The molecule has 0 atom stereocenters. The molecule has 0 aromatic carbocycles. The van der Waals surface area contributed by atoms with Gasteiger partial charge >= 0.3 is 5.69 Å². The van der Waals surface area contributed by atoms with Crippen molar-refractivity contribution >= 4 is 0 Å². The molecule has 6 nitrogen and oxygen atoms in total. The molecule has 2 N–H and O–H groups in total. The minimum atomic E-state index is -0.546. The Morgan fingerprint density at radius 3 is 2.79 bits per heavy atom. The van der Waals surface area contributed by atoms with Gasteiger partial charge in [-0.3, -0.25) is 9.78 Å². The Labute approximate surface area is 77.6 Å². The molecular formula is C8H7N3O3. The van der Waals surface area contributed by atoms with Crippen LogP contribution in [0.1, 0.15) is 5.89 Å². The van der Waals surface area contributed by atoms with E-state index in [1.165, 1.54) is 12.4 Å². The SMILES string of the molecule is Cc1ncc(-c2c[nH]c(=O)[nH]c2=O)o1. The van der Waals surface area contributed by atoms with E-state index in [9.17, 15) is 9.59 Å². The Balaban J connectivity index is 2.63. The normalized spacial score (nSPS) is 10.4. The van der Waals surface area contributed by atoms with E-state index in [0.717, 1.165) is 0 Å². The molecule has 14 heavy (non-hydrogen) atoms. The van der Waals surface area contributed by atoms with Gasteiger partial charge in [-0.05, 0) is 0 Å². The zero-order valence-corrected chi connectivity index (χ0v) is 7.33. The molecule has 0 aliphatic rings. The summed E-state index contributed by atoms with van der Waals surface area (Å²) in [4.78, 5) is 30.3. The van der Waals surface area contributed by atoms with Gasteiger partial charge in [0.2, 0.25) is 0 Å². The Morgan fingerprint density at radius 1 is 1.43 bits per heavy atom. The number of rotatable bonds is 1. The fourth-order valence-corrected chi connectivity index (χ4v) is 1.08. The molecule has 6 heteroatoms. The van der Waals surface area contributed by atoms with Crippen molar-refractivity contribution in [2.75, 3.05) is 0 Å². The number of H-pyrrole nitrogens is 2. The third kappa shape index (κ3) is 1.37. The molecule has 0 fully saturated rings. The standard InChI is InChI=1S/C8H7N3O3/c1-4-9-3-6(14-4)5-2-10-8(13)11-7(5)12/h2-3H,1H3,(H2,10,11,12,13). The second-order valence-corrected chi connectivity index (χ2v) is 2.73. The maximum absolute atomic E-state index is 11.3. The van der Waals surface area contributed by atoms with Gasteiger partial charge in [0.15, 0.2) is 11.7 Å². The Morgan fingerprint density at radius 2 is 2.21 bits per heavy atom. The first kappa shape index (κ1) is 8.49. The maximum Gasteiger partial charge on any atom is 0.325 e. The predicted octanol–water partition coefficient (Wildman–Crippen LogP) is 0.0266. The van der Waals surface area contributed by atoms with Crippen LogP contribution in [0, 0.1) is 6.92 Å².